The van der Waals surface area contributed by atoms with E-state index in [0.29, 0.717) is 16.5 Å². The first-order chi connectivity index (χ1) is 16.1. The van der Waals surface area contributed by atoms with Gasteiger partial charge in [0.05, 0.1) is 0 Å². The second kappa shape index (κ2) is 9.33. The van der Waals surface area contributed by atoms with Crippen molar-refractivity contribution in [1.82, 2.24) is 20.2 Å². The molecule has 1 fully saturated rings. The second-order valence-electron chi connectivity index (χ2n) is 7.74. The summed E-state index contributed by atoms with van der Waals surface area (Å²) in [7, 11) is 0. The van der Waals surface area contributed by atoms with E-state index < -0.39 is 0 Å². The lowest BCUT2D eigenvalue weighted by Gasteiger charge is -2.32. The van der Waals surface area contributed by atoms with E-state index in [9.17, 15) is 4.79 Å². The Hall–Kier alpha value is -3.85. The van der Waals surface area contributed by atoms with E-state index in [1.54, 1.807) is 12.1 Å². The molecule has 8 nitrogen and oxygen atoms in total. The van der Waals surface area contributed by atoms with Crippen molar-refractivity contribution in [2.75, 3.05) is 28.6 Å². The standard InChI is InChI=1S/C24H23N7OS/c1-16-14-21(30-29-16)26-20-15-22(31-12-5-13-31)28-24(27-20)33-19-10-8-18(9-11-19)25-23(32)17-6-3-2-4-7-17/h2-4,6-11,14-15H,5,12-13H2,1H3,(H,25,32)(H2,26,27,28,29,30). The smallest absolute Gasteiger partial charge is 0.255 e. The van der Waals surface area contributed by atoms with Crippen molar-refractivity contribution in [2.24, 2.45) is 0 Å². The zero-order chi connectivity index (χ0) is 22.6. The van der Waals surface area contributed by atoms with Gasteiger partial charge >= 0.3 is 0 Å². The van der Waals surface area contributed by atoms with Crippen LogP contribution in [0.25, 0.3) is 0 Å². The van der Waals surface area contributed by atoms with Crippen LogP contribution < -0.4 is 15.5 Å². The molecule has 1 saturated heterocycles. The third kappa shape index (κ3) is 5.15. The zero-order valence-corrected chi connectivity index (χ0v) is 18.9. The summed E-state index contributed by atoms with van der Waals surface area (Å²) in [5.41, 5.74) is 2.34. The van der Waals surface area contributed by atoms with Gasteiger partial charge in [-0.05, 0) is 61.5 Å². The molecule has 4 aromatic rings. The summed E-state index contributed by atoms with van der Waals surface area (Å²) in [5.74, 6) is 2.19. The highest BCUT2D eigenvalue weighted by Gasteiger charge is 2.18. The fourth-order valence-corrected chi connectivity index (χ4v) is 4.11. The number of aromatic nitrogens is 4. The van der Waals surface area contributed by atoms with E-state index in [0.717, 1.165) is 41.0 Å². The van der Waals surface area contributed by atoms with Crippen LogP contribution >= 0.6 is 11.8 Å². The number of anilines is 4. The predicted molar refractivity (Wildman–Crippen MR) is 130 cm³/mol. The Labute approximate surface area is 195 Å². The minimum atomic E-state index is -0.133. The lowest BCUT2D eigenvalue weighted by atomic mass is 10.2. The quantitative estimate of drug-likeness (QED) is 0.341. The first kappa shape index (κ1) is 21.0. The molecule has 0 bridgehead atoms. The SMILES string of the molecule is Cc1cc(Nc2cc(N3CCC3)nc(Sc3ccc(NC(=O)c4ccccc4)cc3)n2)n[nH]1. The molecule has 0 saturated carbocycles. The molecule has 5 rings (SSSR count). The van der Waals surface area contributed by atoms with Gasteiger partial charge in [0.2, 0.25) is 0 Å². The maximum atomic E-state index is 12.4. The summed E-state index contributed by atoms with van der Waals surface area (Å²) in [4.78, 5) is 25.0. The van der Waals surface area contributed by atoms with Crippen molar-refractivity contribution in [3.63, 3.8) is 0 Å². The van der Waals surface area contributed by atoms with E-state index in [2.05, 4.69) is 30.7 Å². The molecule has 1 aliphatic rings. The van der Waals surface area contributed by atoms with Crippen LogP contribution in [0.5, 0.6) is 0 Å². The van der Waals surface area contributed by atoms with Crippen molar-refractivity contribution < 1.29 is 4.79 Å². The number of carbonyl (C=O) groups excluding carboxylic acids is 1. The fraction of sp³-hybridized carbons (Fsp3) is 0.167. The third-order valence-electron chi connectivity index (χ3n) is 5.19. The van der Waals surface area contributed by atoms with Crippen LogP contribution in [0, 0.1) is 6.92 Å². The van der Waals surface area contributed by atoms with Crippen molar-refractivity contribution in [3.8, 4) is 0 Å². The van der Waals surface area contributed by atoms with Crippen molar-refractivity contribution in [1.29, 1.82) is 0 Å². The molecule has 33 heavy (non-hydrogen) atoms. The predicted octanol–water partition coefficient (Wildman–Crippen LogP) is 4.87. The number of carbonyl (C=O) groups is 1. The minimum absolute atomic E-state index is 0.133. The fourth-order valence-electron chi connectivity index (χ4n) is 3.35. The molecule has 9 heteroatoms. The van der Waals surface area contributed by atoms with E-state index in [1.165, 1.54) is 18.2 Å². The number of aromatic amines is 1. The molecule has 0 spiro atoms. The van der Waals surface area contributed by atoms with Gasteiger partial charge in [-0.25, -0.2) is 9.97 Å². The average Bonchev–Trinajstić information content (AvgIpc) is 3.19. The summed E-state index contributed by atoms with van der Waals surface area (Å²) < 4.78 is 0. The minimum Gasteiger partial charge on any atom is -0.356 e. The number of hydrogen-bond acceptors (Lipinski definition) is 7. The Morgan fingerprint density at radius 2 is 1.79 bits per heavy atom. The molecule has 1 amide bonds. The van der Waals surface area contributed by atoms with Crippen molar-refractivity contribution in [3.05, 3.63) is 78.0 Å². The molecule has 0 aliphatic carbocycles. The van der Waals surface area contributed by atoms with Gasteiger partial charge < -0.3 is 15.5 Å². The largest absolute Gasteiger partial charge is 0.356 e. The summed E-state index contributed by atoms with van der Waals surface area (Å²) >= 11 is 1.48. The maximum absolute atomic E-state index is 12.4. The number of hydrogen-bond donors (Lipinski definition) is 3. The van der Waals surface area contributed by atoms with E-state index in [4.69, 9.17) is 4.98 Å². The molecule has 0 atom stereocenters. The van der Waals surface area contributed by atoms with Gasteiger partial charge in [-0.3, -0.25) is 9.89 Å². The summed E-state index contributed by atoms with van der Waals surface area (Å²) in [6.45, 7) is 3.95. The molecule has 3 N–H and O–H groups in total. The molecular formula is C24H23N7OS. The second-order valence-corrected chi connectivity index (χ2v) is 8.78. The van der Waals surface area contributed by atoms with Crippen LogP contribution in [-0.4, -0.2) is 39.2 Å². The normalized spacial score (nSPS) is 12.8. The van der Waals surface area contributed by atoms with E-state index in [-0.39, 0.29) is 5.91 Å². The number of rotatable bonds is 7. The number of H-pyrrole nitrogens is 1. The lowest BCUT2D eigenvalue weighted by molar-refractivity contribution is 0.102. The van der Waals surface area contributed by atoms with Gasteiger partial charge in [-0.2, -0.15) is 5.10 Å². The molecular weight excluding hydrogens is 434 g/mol. The number of nitrogens with zero attached hydrogens (tertiary/aromatic N) is 4. The molecule has 0 unspecified atom stereocenters. The topological polar surface area (TPSA) is 98.8 Å². The Balaban J connectivity index is 1.31. The number of benzene rings is 2. The van der Waals surface area contributed by atoms with Crippen molar-refractivity contribution in [2.45, 2.75) is 23.4 Å². The Morgan fingerprint density at radius 3 is 2.45 bits per heavy atom. The van der Waals surface area contributed by atoms with Crippen LogP contribution in [0.1, 0.15) is 22.5 Å². The van der Waals surface area contributed by atoms with Crippen molar-refractivity contribution >= 4 is 40.8 Å². The monoisotopic (exact) mass is 457 g/mol. The van der Waals surface area contributed by atoms with Crippen LogP contribution in [0.15, 0.2) is 76.8 Å². The number of aryl methyl sites for hydroxylation is 1. The zero-order valence-electron chi connectivity index (χ0n) is 18.1. The van der Waals surface area contributed by atoms with Crippen LogP contribution in [-0.2, 0) is 0 Å². The first-order valence-corrected chi connectivity index (χ1v) is 11.5. The highest BCUT2D eigenvalue weighted by atomic mass is 32.2. The number of amides is 1. The van der Waals surface area contributed by atoms with Gasteiger partial charge in [0.1, 0.15) is 11.6 Å². The highest BCUT2D eigenvalue weighted by molar-refractivity contribution is 7.99. The van der Waals surface area contributed by atoms with Gasteiger partial charge in [-0.1, -0.05) is 18.2 Å². The molecule has 2 aromatic carbocycles. The van der Waals surface area contributed by atoms with Gasteiger partial charge in [-0.15, -0.1) is 0 Å². The lowest BCUT2D eigenvalue weighted by Crippen LogP contribution is -2.37. The Morgan fingerprint density at radius 1 is 1.00 bits per heavy atom. The highest BCUT2D eigenvalue weighted by Crippen LogP contribution is 2.31. The molecule has 1 aliphatic heterocycles. The molecule has 3 heterocycles. The van der Waals surface area contributed by atoms with E-state index >= 15 is 0 Å². The maximum Gasteiger partial charge on any atom is 0.255 e. The van der Waals surface area contributed by atoms with Gasteiger partial charge in [0.15, 0.2) is 11.0 Å². The van der Waals surface area contributed by atoms with Crippen LogP contribution in [0.3, 0.4) is 0 Å². The molecule has 166 valence electrons. The summed E-state index contributed by atoms with van der Waals surface area (Å²) in [5, 5.41) is 14.0. The van der Waals surface area contributed by atoms with Crippen LogP contribution in [0.2, 0.25) is 0 Å². The van der Waals surface area contributed by atoms with Gasteiger partial charge in [0.25, 0.3) is 5.91 Å². The van der Waals surface area contributed by atoms with E-state index in [1.807, 2.05) is 61.5 Å². The third-order valence-corrected chi connectivity index (χ3v) is 6.06. The summed E-state index contributed by atoms with van der Waals surface area (Å²) in [6, 6.07) is 20.7. The first-order valence-electron chi connectivity index (χ1n) is 10.7. The number of nitrogens with one attached hydrogen (secondary N) is 3. The Bertz CT molecular complexity index is 1250. The molecule has 0 radical (unpaired) electrons. The van der Waals surface area contributed by atoms with Gasteiger partial charge in [0, 0.05) is 47.1 Å². The Kier molecular flexibility index (Phi) is 5.95. The average molecular weight is 458 g/mol. The van der Waals surface area contributed by atoms with Crippen LogP contribution in [0.4, 0.5) is 23.1 Å². The summed E-state index contributed by atoms with van der Waals surface area (Å²) in [6.07, 6.45) is 1.17. The molecule has 2 aromatic heterocycles.